The number of pyridine rings is 1. The number of thiophene rings is 1. The maximum Gasteiger partial charge on any atom is 0.252 e. The molecule has 0 atom stereocenters. The van der Waals surface area contributed by atoms with Crippen molar-refractivity contribution in [2.24, 2.45) is 0 Å². The van der Waals surface area contributed by atoms with E-state index >= 15 is 0 Å². The standard InChI is InChI=1S/C25H22N6O2S/c26-15-18-6-4-17(5-7-18)8-10-28-24(32)19-16-34-25-21(19)23(31-11-13-33-14-12-31)29-22(30-25)20-3-1-2-9-27-20/h1-7,9,16H,8,10-14H2,(H,28,32). The van der Waals surface area contributed by atoms with E-state index in [4.69, 9.17) is 20.0 Å². The highest BCUT2D eigenvalue weighted by atomic mass is 32.1. The van der Waals surface area contributed by atoms with Crippen molar-refractivity contribution in [3.05, 3.63) is 70.7 Å². The van der Waals surface area contributed by atoms with E-state index in [1.54, 1.807) is 18.3 Å². The minimum absolute atomic E-state index is 0.149. The topological polar surface area (TPSA) is 104 Å². The maximum atomic E-state index is 13.1. The molecule has 1 aromatic carbocycles. The molecule has 1 amide bonds. The Hall–Kier alpha value is -3.87. The molecule has 9 heteroatoms. The van der Waals surface area contributed by atoms with E-state index in [1.165, 1.54) is 11.3 Å². The Morgan fingerprint density at radius 3 is 2.71 bits per heavy atom. The first-order valence-corrected chi connectivity index (χ1v) is 11.9. The Balaban J connectivity index is 1.42. The van der Waals surface area contributed by atoms with Gasteiger partial charge in [-0.2, -0.15) is 5.26 Å². The van der Waals surface area contributed by atoms with E-state index in [2.05, 4.69) is 21.3 Å². The molecule has 34 heavy (non-hydrogen) atoms. The van der Waals surface area contributed by atoms with Gasteiger partial charge in [0, 0.05) is 31.2 Å². The van der Waals surface area contributed by atoms with Crippen molar-refractivity contribution in [1.82, 2.24) is 20.3 Å². The number of anilines is 1. The summed E-state index contributed by atoms with van der Waals surface area (Å²) >= 11 is 1.43. The maximum absolute atomic E-state index is 13.1. The molecule has 1 fully saturated rings. The first-order chi connectivity index (χ1) is 16.7. The van der Waals surface area contributed by atoms with Gasteiger partial charge < -0.3 is 15.0 Å². The van der Waals surface area contributed by atoms with E-state index in [9.17, 15) is 4.79 Å². The molecule has 4 heterocycles. The van der Waals surface area contributed by atoms with Gasteiger partial charge in [-0.05, 0) is 36.2 Å². The predicted octanol–water partition coefficient (Wildman–Crippen LogP) is 3.43. The van der Waals surface area contributed by atoms with Gasteiger partial charge in [0.05, 0.1) is 35.8 Å². The van der Waals surface area contributed by atoms with Gasteiger partial charge in [0.15, 0.2) is 5.82 Å². The average molecular weight is 471 g/mol. The van der Waals surface area contributed by atoms with Gasteiger partial charge in [-0.3, -0.25) is 9.78 Å². The number of carbonyl (C=O) groups is 1. The lowest BCUT2D eigenvalue weighted by Crippen LogP contribution is -2.37. The number of morpholine rings is 1. The molecule has 3 aromatic heterocycles. The quantitative estimate of drug-likeness (QED) is 0.460. The zero-order valence-electron chi connectivity index (χ0n) is 18.4. The second-order valence-electron chi connectivity index (χ2n) is 7.83. The number of hydrogen-bond acceptors (Lipinski definition) is 8. The molecule has 1 saturated heterocycles. The predicted molar refractivity (Wildman–Crippen MR) is 131 cm³/mol. The van der Waals surface area contributed by atoms with Gasteiger partial charge in [0.1, 0.15) is 16.3 Å². The van der Waals surface area contributed by atoms with Crippen LogP contribution in [-0.2, 0) is 11.2 Å². The lowest BCUT2D eigenvalue weighted by atomic mass is 10.1. The summed E-state index contributed by atoms with van der Waals surface area (Å²) < 4.78 is 5.53. The smallest absolute Gasteiger partial charge is 0.252 e. The lowest BCUT2D eigenvalue weighted by Gasteiger charge is -2.28. The van der Waals surface area contributed by atoms with E-state index in [-0.39, 0.29) is 5.91 Å². The molecule has 4 aromatic rings. The van der Waals surface area contributed by atoms with Crippen LogP contribution in [0.15, 0.2) is 54.0 Å². The highest BCUT2D eigenvalue weighted by molar-refractivity contribution is 7.17. The van der Waals surface area contributed by atoms with Crippen molar-refractivity contribution >= 4 is 33.3 Å². The molecule has 0 bridgehead atoms. The molecular formula is C25H22N6O2S. The van der Waals surface area contributed by atoms with Crippen molar-refractivity contribution in [1.29, 1.82) is 5.26 Å². The Morgan fingerprint density at radius 1 is 1.15 bits per heavy atom. The van der Waals surface area contributed by atoms with Gasteiger partial charge in [-0.25, -0.2) is 9.97 Å². The number of amides is 1. The third-order valence-corrected chi connectivity index (χ3v) is 6.52. The SMILES string of the molecule is N#Cc1ccc(CCNC(=O)c2csc3nc(-c4ccccn4)nc(N4CCOCC4)c23)cc1. The Morgan fingerprint density at radius 2 is 1.97 bits per heavy atom. The van der Waals surface area contributed by atoms with E-state index in [0.717, 1.165) is 21.6 Å². The largest absolute Gasteiger partial charge is 0.378 e. The van der Waals surface area contributed by atoms with Crippen molar-refractivity contribution < 1.29 is 9.53 Å². The molecule has 170 valence electrons. The summed E-state index contributed by atoms with van der Waals surface area (Å²) in [5.74, 6) is 1.14. The number of aromatic nitrogens is 3. The van der Waals surface area contributed by atoms with Crippen LogP contribution in [0.1, 0.15) is 21.5 Å². The van der Waals surface area contributed by atoms with Crippen molar-refractivity contribution in [3.63, 3.8) is 0 Å². The summed E-state index contributed by atoms with van der Waals surface area (Å²) in [5, 5.41) is 14.6. The average Bonchev–Trinajstić information content (AvgIpc) is 3.34. The van der Waals surface area contributed by atoms with Crippen LogP contribution in [0, 0.1) is 11.3 Å². The molecule has 0 radical (unpaired) electrons. The molecule has 1 aliphatic rings. The number of rotatable bonds is 6. The fraction of sp³-hybridized carbons (Fsp3) is 0.240. The normalized spacial score (nSPS) is 13.6. The monoisotopic (exact) mass is 470 g/mol. The van der Waals surface area contributed by atoms with Crippen LogP contribution in [0.25, 0.3) is 21.7 Å². The van der Waals surface area contributed by atoms with Gasteiger partial charge in [0.25, 0.3) is 5.91 Å². The number of fused-ring (bicyclic) bond motifs is 1. The third kappa shape index (κ3) is 4.59. The fourth-order valence-electron chi connectivity index (χ4n) is 3.87. The first kappa shape index (κ1) is 21.9. The minimum Gasteiger partial charge on any atom is -0.378 e. The van der Waals surface area contributed by atoms with Gasteiger partial charge in [-0.1, -0.05) is 18.2 Å². The van der Waals surface area contributed by atoms with Crippen molar-refractivity contribution in [2.45, 2.75) is 6.42 Å². The van der Waals surface area contributed by atoms with Crippen molar-refractivity contribution in [3.8, 4) is 17.6 Å². The molecule has 0 aliphatic carbocycles. The van der Waals surface area contributed by atoms with Crippen molar-refractivity contribution in [2.75, 3.05) is 37.7 Å². The van der Waals surface area contributed by atoms with Crippen LogP contribution in [0.4, 0.5) is 5.82 Å². The molecule has 1 aliphatic heterocycles. The number of nitrogens with one attached hydrogen (secondary N) is 1. The molecule has 0 saturated carbocycles. The number of carbonyl (C=O) groups excluding carboxylic acids is 1. The zero-order chi connectivity index (χ0) is 23.3. The number of ether oxygens (including phenoxy) is 1. The van der Waals surface area contributed by atoms with Crippen LogP contribution in [-0.4, -0.2) is 53.7 Å². The van der Waals surface area contributed by atoms with Crippen LogP contribution in [0.3, 0.4) is 0 Å². The second kappa shape index (κ2) is 9.95. The summed E-state index contributed by atoms with van der Waals surface area (Å²) in [6, 6.07) is 15.2. The van der Waals surface area contributed by atoms with Crippen LogP contribution >= 0.6 is 11.3 Å². The number of nitrogens with zero attached hydrogens (tertiary/aromatic N) is 5. The van der Waals surface area contributed by atoms with Crippen LogP contribution in [0.5, 0.6) is 0 Å². The highest BCUT2D eigenvalue weighted by Gasteiger charge is 2.24. The Labute approximate surface area is 200 Å². The Bertz CT molecular complexity index is 1340. The molecule has 0 spiro atoms. The molecule has 1 N–H and O–H groups in total. The van der Waals surface area contributed by atoms with Crippen LogP contribution < -0.4 is 10.2 Å². The fourth-order valence-corrected chi connectivity index (χ4v) is 4.78. The number of nitriles is 1. The van der Waals surface area contributed by atoms with Gasteiger partial charge in [-0.15, -0.1) is 11.3 Å². The van der Waals surface area contributed by atoms with E-state index < -0.39 is 0 Å². The summed E-state index contributed by atoms with van der Waals surface area (Å²) in [6.07, 6.45) is 2.40. The molecule has 8 nitrogen and oxygen atoms in total. The number of hydrogen-bond donors (Lipinski definition) is 1. The van der Waals surface area contributed by atoms with Crippen LogP contribution in [0.2, 0.25) is 0 Å². The molecule has 0 unspecified atom stereocenters. The summed E-state index contributed by atoms with van der Waals surface area (Å²) in [6.45, 7) is 3.11. The van der Waals surface area contributed by atoms with E-state index in [0.29, 0.717) is 61.9 Å². The third-order valence-electron chi connectivity index (χ3n) is 5.65. The van der Waals surface area contributed by atoms with Gasteiger partial charge in [0.2, 0.25) is 0 Å². The minimum atomic E-state index is -0.149. The number of benzene rings is 1. The Kier molecular flexibility index (Phi) is 6.42. The highest BCUT2D eigenvalue weighted by Crippen LogP contribution is 2.34. The zero-order valence-corrected chi connectivity index (χ0v) is 19.2. The summed E-state index contributed by atoms with van der Waals surface area (Å²) in [7, 11) is 0. The molecular weight excluding hydrogens is 448 g/mol. The lowest BCUT2D eigenvalue weighted by molar-refractivity contribution is 0.0956. The second-order valence-corrected chi connectivity index (χ2v) is 8.69. The molecule has 5 rings (SSSR count). The summed E-state index contributed by atoms with van der Waals surface area (Å²) in [5.41, 5.74) is 2.96. The summed E-state index contributed by atoms with van der Waals surface area (Å²) in [4.78, 5) is 30.0. The van der Waals surface area contributed by atoms with Gasteiger partial charge >= 0.3 is 0 Å². The van der Waals surface area contributed by atoms with E-state index in [1.807, 2.05) is 35.7 Å². The first-order valence-electron chi connectivity index (χ1n) is 11.0.